The van der Waals surface area contributed by atoms with Gasteiger partial charge in [-0.05, 0) is 24.6 Å². The normalized spacial score (nSPS) is 12.2. The second-order valence-electron chi connectivity index (χ2n) is 2.48. The van der Waals surface area contributed by atoms with Crippen molar-refractivity contribution in [1.82, 2.24) is 0 Å². The zero-order valence-electron chi connectivity index (χ0n) is 6.87. The van der Waals surface area contributed by atoms with E-state index in [0.29, 0.717) is 10.6 Å². The second-order valence-corrected chi connectivity index (χ2v) is 2.92. The smallest absolute Gasteiger partial charge is 0.405 e. The number of hydrogen-bond acceptors (Lipinski definition) is 2. The van der Waals surface area contributed by atoms with E-state index in [1.54, 1.807) is 24.3 Å². The lowest BCUT2D eigenvalue weighted by Crippen LogP contribution is -2.15. The molecule has 0 aliphatic rings. The predicted molar refractivity (Wildman–Crippen MR) is 50.2 cm³/mol. The number of benzene rings is 1. The fourth-order valence-corrected chi connectivity index (χ4v) is 1.11. The molecule has 13 heavy (non-hydrogen) atoms. The molecule has 69 valence electrons. The summed E-state index contributed by atoms with van der Waals surface area (Å²) < 4.78 is 4.66. The fourth-order valence-electron chi connectivity index (χ4n) is 0.915. The molecule has 0 saturated carbocycles. The van der Waals surface area contributed by atoms with Gasteiger partial charge < -0.3 is 10.5 Å². The van der Waals surface area contributed by atoms with Crippen molar-refractivity contribution >= 4 is 17.7 Å². The Labute approximate surface area is 81.4 Å². The van der Waals surface area contributed by atoms with Crippen LogP contribution in [0.3, 0.4) is 0 Å². The molecule has 1 unspecified atom stereocenters. The minimum atomic E-state index is -0.847. The van der Waals surface area contributed by atoms with Gasteiger partial charge in [-0.1, -0.05) is 23.7 Å². The standard InChI is InChI=1S/C9H9ClNO2/c1-6(13-9(11)12)7-3-2-4-8(10)5-7/h2-6H,1H2,(H2,11,12). The van der Waals surface area contributed by atoms with E-state index >= 15 is 0 Å². The highest BCUT2D eigenvalue weighted by atomic mass is 35.5. The third-order valence-electron chi connectivity index (χ3n) is 1.48. The molecule has 0 bridgehead atoms. The molecule has 3 nitrogen and oxygen atoms in total. The summed E-state index contributed by atoms with van der Waals surface area (Å²) in [4.78, 5) is 10.4. The van der Waals surface area contributed by atoms with Gasteiger partial charge in [-0.25, -0.2) is 4.79 Å². The number of nitrogens with two attached hydrogens (primary N) is 1. The maximum Gasteiger partial charge on any atom is 0.405 e. The molecule has 1 radical (unpaired) electrons. The number of carbonyl (C=O) groups excluding carboxylic acids is 1. The van der Waals surface area contributed by atoms with E-state index in [1.807, 2.05) is 0 Å². The lowest BCUT2D eigenvalue weighted by molar-refractivity contribution is 0.128. The fraction of sp³-hybridized carbons (Fsp3) is 0.111. The van der Waals surface area contributed by atoms with Gasteiger partial charge in [0.15, 0.2) is 0 Å². The molecule has 0 aromatic heterocycles. The van der Waals surface area contributed by atoms with E-state index in [-0.39, 0.29) is 0 Å². The molecule has 0 fully saturated rings. The van der Waals surface area contributed by atoms with E-state index in [1.165, 1.54) is 0 Å². The summed E-state index contributed by atoms with van der Waals surface area (Å²) in [5.74, 6) is 0. The van der Waals surface area contributed by atoms with Gasteiger partial charge in [0.1, 0.15) is 6.10 Å². The van der Waals surface area contributed by atoms with Crippen molar-refractivity contribution in [2.45, 2.75) is 6.10 Å². The van der Waals surface area contributed by atoms with Crippen LogP contribution in [0.5, 0.6) is 0 Å². The van der Waals surface area contributed by atoms with Gasteiger partial charge in [0, 0.05) is 5.02 Å². The first-order valence-corrected chi connectivity index (χ1v) is 4.02. The highest BCUT2D eigenvalue weighted by Crippen LogP contribution is 2.19. The van der Waals surface area contributed by atoms with E-state index in [4.69, 9.17) is 17.3 Å². The van der Waals surface area contributed by atoms with Crippen LogP contribution < -0.4 is 5.73 Å². The zero-order valence-corrected chi connectivity index (χ0v) is 7.62. The SMILES string of the molecule is [CH2]C(OC(N)=O)c1cccc(Cl)c1. The topological polar surface area (TPSA) is 52.3 Å². The van der Waals surface area contributed by atoms with Crippen LogP contribution in [0.25, 0.3) is 0 Å². The first kappa shape index (κ1) is 9.86. The van der Waals surface area contributed by atoms with Crippen LogP contribution in [0.2, 0.25) is 5.02 Å². The Morgan fingerprint density at radius 3 is 2.85 bits per heavy atom. The molecule has 0 heterocycles. The van der Waals surface area contributed by atoms with Gasteiger partial charge >= 0.3 is 6.09 Å². The third kappa shape index (κ3) is 2.95. The van der Waals surface area contributed by atoms with E-state index in [9.17, 15) is 4.79 Å². The van der Waals surface area contributed by atoms with Crippen LogP contribution >= 0.6 is 11.6 Å². The Hall–Kier alpha value is -1.22. The van der Waals surface area contributed by atoms with Gasteiger partial charge in [0.05, 0.1) is 0 Å². The van der Waals surface area contributed by atoms with Crippen molar-refractivity contribution in [2.24, 2.45) is 5.73 Å². The summed E-state index contributed by atoms with van der Waals surface area (Å²) in [6.45, 7) is 3.61. The molecule has 0 saturated heterocycles. The molecule has 1 aromatic carbocycles. The van der Waals surface area contributed by atoms with Crippen LogP contribution in [-0.2, 0) is 4.74 Å². The zero-order chi connectivity index (χ0) is 9.84. The monoisotopic (exact) mass is 198 g/mol. The highest BCUT2D eigenvalue weighted by molar-refractivity contribution is 6.30. The average molecular weight is 199 g/mol. The Balaban J connectivity index is 2.76. The lowest BCUT2D eigenvalue weighted by atomic mass is 10.1. The summed E-state index contributed by atoms with van der Waals surface area (Å²) in [6, 6.07) is 6.90. The summed E-state index contributed by atoms with van der Waals surface area (Å²) in [5, 5.41) is 0.569. The number of halogens is 1. The summed E-state index contributed by atoms with van der Waals surface area (Å²) in [6.07, 6.45) is -1.46. The Morgan fingerprint density at radius 2 is 2.31 bits per heavy atom. The van der Waals surface area contributed by atoms with Gasteiger partial charge in [-0.2, -0.15) is 0 Å². The number of carbonyl (C=O) groups is 1. The summed E-state index contributed by atoms with van der Waals surface area (Å²) >= 11 is 5.73. The Bertz CT molecular complexity index is 314. The minimum absolute atomic E-state index is 0.569. The number of primary amides is 1. The molecule has 2 N–H and O–H groups in total. The number of amides is 1. The first-order valence-electron chi connectivity index (χ1n) is 3.64. The number of hydrogen-bond donors (Lipinski definition) is 1. The Morgan fingerprint density at radius 1 is 1.62 bits per heavy atom. The molecule has 1 amide bonds. The quantitative estimate of drug-likeness (QED) is 0.793. The maximum atomic E-state index is 10.4. The molecule has 4 heteroatoms. The number of ether oxygens (including phenoxy) is 1. The molecular weight excluding hydrogens is 190 g/mol. The van der Waals surface area contributed by atoms with E-state index < -0.39 is 12.2 Å². The van der Waals surface area contributed by atoms with Crippen molar-refractivity contribution in [3.63, 3.8) is 0 Å². The van der Waals surface area contributed by atoms with Gasteiger partial charge in [-0.3, -0.25) is 0 Å². The first-order chi connectivity index (χ1) is 6.09. The minimum Gasteiger partial charge on any atom is -0.442 e. The lowest BCUT2D eigenvalue weighted by Gasteiger charge is -2.11. The maximum absolute atomic E-state index is 10.4. The van der Waals surface area contributed by atoms with Crippen molar-refractivity contribution < 1.29 is 9.53 Å². The van der Waals surface area contributed by atoms with Gasteiger partial charge in [-0.15, -0.1) is 0 Å². The molecule has 1 rings (SSSR count). The molecule has 1 aromatic rings. The van der Waals surface area contributed by atoms with E-state index in [0.717, 1.165) is 0 Å². The second kappa shape index (κ2) is 4.14. The predicted octanol–water partition coefficient (Wildman–Crippen LogP) is 2.31. The molecule has 1 atom stereocenters. The van der Waals surface area contributed by atoms with Crippen molar-refractivity contribution in [3.05, 3.63) is 41.8 Å². The van der Waals surface area contributed by atoms with Crippen molar-refractivity contribution in [2.75, 3.05) is 0 Å². The molecule has 0 aliphatic carbocycles. The van der Waals surface area contributed by atoms with Crippen LogP contribution in [0.1, 0.15) is 11.7 Å². The van der Waals surface area contributed by atoms with Crippen molar-refractivity contribution in [3.8, 4) is 0 Å². The third-order valence-corrected chi connectivity index (χ3v) is 1.71. The van der Waals surface area contributed by atoms with Crippen LogP contribution in [-0.4, -0.2) is 6.09 Å². The van der Waals surface area contributed by atoms with E-state index in [2.05, 4.69) is 11.7 Å². The van der Waals surface area contributed by atoms with Gasteiger partial charge in [0.25, 0.3) is 0 Å². The van der Waals surface area contributed by atoms with Crippen molar-refractivity contribution in [1.29, 1.82) is 0 Å². The number of rotatable bonds is 2. The molecule has 0 aliphatic heterocycles. The summed E-state index contributed by atoms with van der Waals surface area (Å²) in [7, 11) is 0. The van der Waals surface area contributed by atoms with Crippen LogP contribution in [0.15, 0.2) is 24.3 Å². The molecular formula is C9H9ClNO2. The summed E-state index contributed by atoms with van der Waals surface area (Å²) in [5.41, 5.74) is 5.55. The average Bonchev–Trinajstić information content (AvgIpc) is 2.03. The van der Waals surface area contributed by atoms with Gasteiger partial charge in [0.2, 0.25) is 0 Å². The Kier molecular flexibility index (Phi) is 3.14. The highest BCUT2D eigenvalue weighted by Gasteiger charge is 2.08. The van der Waals surface area contributed by atoms with Crippen LogP contribution in [0.4, 0.5) is 4.79 Å². The molecule has 0 spiro atoms. The van der Waals surface area contributed by atoms with Crippen LogP contribution in [0, 0.1) is 6.92 Å². The largest absolute Gasteiger partial charge is 0.442 e.